The summed E-state index contributed by atoms with van der Waals surface area (Å²) in [4.78, 5) is 45.2. The van der Waals surface area contributed by atoms with E-state index in [4.69, 9.17) is 32.3 Å². The Morgan fingerprint density at radius 2 is 0.925 bits per heavy atom. The number of nitrogens with zero attached hydrogens (tertiary/aromatic N) is 4. The van der Waals surface area contributed by atoms with Gasteiger partial charge in [-0.25, -0.2) is 19.9 Å². The maximum atomic E-state index is 13.3. The van der Waals surface area contributed by atoms with Crippen LogP contribution in [-0.2, 0) is 12.8 Å². The Morgan fingerprint density at radius 3 is 1.28 bits per heavy atom. The van der Waals surface area contributed by atoms with Gasteiger partial charge in [0.2, 0.25) is 23.2 Å². The Morgan fingerprint density at radius 1 is 0.522 bits per heavy atom. The van der Waals surface area contributed by atoms with Crippen LogP contribution in [0, 0.1) is 24.7 Å². The monoisotopic (exact) mass is 882 g/mol. The highest BCUT2D eigenvalue weighted by atomic mass is 16.5. The van der Waals surface area contributed by atoms with Crippen LogP contribution >= 0.6 is 0 Å². The molecule has 67 heavy (non-hydrogen) atoms. The predicted octanol–water partition coefficient (Wildman–Crippen LogP) is 12.8. The first-order valence-corrected chi connectivity index (χ1v) is 22.7. The zero-order valence-electron chi connectivity index (χ0n) is 39.0. The lowest BCUT2D eigenvalue weighted by molar-refractivity contribution is 0.102. The second-order valence-electron chi connectivity index (χ2n) is 16.8. The molecule has 8 aromatic rings. The number of ether oxygens (including phenoxy) is 2. The second kappa shape index (κ2) is 21.8. The van der Waals surface area contributed by atoms with Crippen LogP contribution in [0.4, 0.5) is 0 Å². The number of terminal acetylenes is 2. The fourth-order valence-electron chi connectivity index (χ4n) is 7.60. The fraction of sp³-hybridized carbons (Fsp3) is 0.220. The first kappa shape index (κ1) is 47.0. The molecule has 8 rings (SSSR count). The van der Waals surface area contributed by atoms with Crippen LogP contribution in [-0.4, -0.2) is 44.7 Å². The summed E-state index contributed by atoms with van der Waals surface area (Å²) in [6, 6.07) is 42.9. The van der Waals surface area contributed by atoms with E-state index in [1.54, 1.807) is 0 Å². The molecule has 2 aromatic heterocycles. The van der Waals surface area contributed by atoms with Crippen molar-refractivity contribution in [2.24, 2.45) is 0 Å². The van der Waals surface area contributed by atoms with Crippen LogP contribution in [0.1, 0.15) is 114 Å². The predicted molar refractivity (Wildman–Crippen MR) is 270 cm³/mol. The maximum absolute atomic E-state index is 13.3. The van der Waals surface area contributed by atoms with Crippen molar-refractivity contribution in [3.8, 4) is 58.7 Å². The molecule has 0 aliphatic carbocycles. The maximum Gasteiger partial charge on any atom is 0.230 e. The summed E-state index contributed by atoms with van der Waals surface area (Å²) in [5.41, 5.74) is 10.6. The molecular formula is C59H54N4O4. The first-order valence-electron chi connectivity index (χ1n) is 22.7. The van der Waals surface area contributed by atoms with Crippen molar-refractivity contribution in [2.75, 3.05) is 13.2 Å². The number of carbonyl (C=O) groups is 2. The van der Waals surface area contributed by atoms with E-state index in [-0.39, 0.29) is 36.4 Å². The Kier molecular flexibility index (Phi) is 15.3. The van der Waals surface area contributed by atoms with E-state index in [2.05, 4.69) is 87.6 Å². The number of aryl methyl sites for hydroxylation is 2. The van der Waals surface area contributed by atoms with Gasteiger partial charge in [-0.2, -0.15) is 0 Å². The van der Waals surface area contributed by atoms with Crippen LogP contribution in [0.3, 0.4) is 0 Å². The SMILES string of the molecule is C#CCOc1ccc2nc(C(=O)c3ccc(CC)cc3)nc(-c3ccc(C(C)C)cc3)c2c1.C#CCOc1ccc2nc(C(=O)c3ccc(CCC)cc3)nc(-c3ccc(C(C)C)cc3)c2c1. The van der Waals surface area contributed by atoms with E-state index in [1.807, 2.05) is 109 Å². The third kappa shape index (κ3) is 11.3. The van der Waals surface area contributed by atoms with Crippen LogP contribution in [0.2, 0.25) is 0 Å². The molecule has 0 saturated carbocycles. The van der Waals surface area contributed by atoms with Gasteiger partial charge >= 0.3 is 0 Å². The normalized spacial score (nSPS) is 10.9. The summed E-state index contributed by atoms with van der Waals surface area (Å²) >= 11 is 0. The standard InChI is InChI=1S/C30H28N2O2.C29H26N2O2/c1-5-7-21-8-10-24(11-9-21)29(33)30-31-27-17-16-25(34-18-6-2)19-26(27)28(32-30)23-14-12-22(13-15-23)20(3)4;1-5-17-33-24-15-16-26-25(18-24)27(22-13-11-21(12-14-22)19(3)4)31-29(30-26)28(32)23-9-7-20(6-2)8-10-23/h2,8-17,19-20H,5,7,18H2,1,3-4H3;1,7-16,18-19H,6,17H2,2-4H3. The molecule has 0 N–H and O–H groups in total. The summed E-state index contributed by atoms with van der Waals surface area (Å²) in [5, 5.41) is 1.61. The van der Waals surface area contributed by atoms with E-state index in [1.165, 1.54) is 22.3 Å². The van der Waals surface area contributed by atoms with Gasteiger partial charge in [-0.05, 0) is 83.3 Å². The van der Waals surface area contributed by atoms with Crippen molar-refractivity contribution >= 4 is 33.4 Å². The minimum atomic E-state index is -0.202. The summed E-state index contributed by atoms with van der Waals surface area (Å²) < 4.78 is 11.2. The smallest absolute Gasteiger partial charge is 0.230 e. The van der Waals surface area contributed by atoms with Gasteiger partial charge < -0.3 is 9.47 Å². The van der Waals surface area contributed by atoms with Gasteiger partial charge in [-0.1, -0.05) is 157 Å². The van der Waals surface area contributed by atoms with Gasteiger partial charge in [0.15, 0.2) is 0 Å². The number of fused-ring (bicyclic) bond motifs is 2. The molecule has 0 spiro atoms. The van der Waals surface area contributed by atoms with Gasteiger partial charge in [0.25, 0.3) is 0 Å². The number of ketones is 2. The number of hydrogen-bond acceptors (Lipinski definition) is 8. The topological polar surface area (TPSA) is 104 Å². The second-order valence-corrected chi connectivity index (χ2v) is 16.8. The van der Waals surface area contributed by atoms with Crippen molar-refractivity contribution in [3.63, 3.8) is 0 Å². The lowest BCUT2D eigenvalue weighted by Gasteiger charge is -2.12. The van der Waals surface area contributed by atoms with Crippen molar-refractivity contribution in [3.05, 3.63) is 178 Å². The molecule has 0 fully saturated rings. The highest BCUT2D eigenvalue weighted by Crippen LogP contribution is 2.33. The Labute approximate surface area is 393 Å². The van der Waals surface area contributed by atoms with Crippen LogP contribution in [0.25, 0.3) is 44.3 Å². The van der Waals surface area contributed by atoms with Crippen molar-refractivity contribution in [2.45, 2.75) is 72.6 Å². The Bertz CT molecular complexity index is 3110. The van der Waals surface area contributed by atoms with Crippen LogP contribution in [0.15, 0.2) is 133 Å². The van der Waals surface area contributed by atoms with Crippen molar-refractivity contribution < 1.29 is 19.1 Å². The van der Waals surface area contributed by atoms with E-state index >= 15 is 0 Å². The average molecular weight is 883 g/mol. The molecule has 2 heterocycles. The molecule has 0 unspecified atom stereocenters. The third-order valence-corrected chi connectivity index (χ3v) is 11.5. The lowest BCUT2D eigenvalue weighted by atomic mass is 9.99. The van der Waals surface area contributed by atoms with Gasteiger partial charge in [0.05, 0.1) is 22.4 Å². The molecule has 0 bridgehead atoms. The lowest BCUT2D eigenvalue weighted by Crippen LogP contribution is -2.09. The number of aromatic nitrogens is 4. The molecule has 8 nitrogen and oxygen atoms in total. The number of hydrogen-bond donors (Lipinski definition) is 0. The van der Waals surface area contributed by atoms with E-state index < -0.39 is 0 Å². The van der Waals surface area contributed by atoms with Crippen LogP contribution in [0.5, 0.6) is 11.5 Å². The summed E-state index contributed by atoms with van der Waals surface area (Å²) in [6.07, 6.45) is 13.7. The zero-order chi connectivity index (χ0) is 47.5. The molecule has 334 valence electrons. The van der Waals surface area contributed by atoms with E-state index in [9.17, 15) is 9.59 Å². The largest absolute Gasteiger partial charge is 0.481 e. The summed E-state index contributed by atoms with van der Waals surface area (Å²) in [6.45, 7) is 13.2. The minimum Gasteiger partial charge on any atom is -0.481 e. The first-order chi connectivity index (χ1) is 32.5. The molecule has 0 saturated heterocycles. The number of carbonyl (C=O) groups excluding carboxylic acids is 2. The molecule has 0 atom stereocenters. The Hall–Kier alpha value is -7.94. The molecular weight excluding hydrogens is 829 g/mol. The van der Waals surface area contributed by atoms with Crippen molar-refractivity contribution in [1.29, 1.82) is 0 Å². The van der Waals surface area contributed by atoms with Gasteiger partial charge in [-0.3, -0.25) is 9.59 Å². The highest BCUT2D eigenvalue weighted by Gasteiger charge is 2.20. The minimum absolute atomic E-state index is 0.173. The molecule has 0 aliphatic heterocycles. The van der Waals surface area contributed by atoms with Crippen molar-refractivity contribution in [1.82, 2.24) is 19.9 Å². The zero-order valence-corrected chi connectivity index (χ0v) is 39.0. The Balaban J connectivity index is 0.000000199. The number of rotatable bonds is 15. The van der Waals surface area contributed by atoms with E-state index in [0.29, 0.717) is 56.9 Å². The molecule has 0 aliphatic rings. The van der Waals surface area contributed by atoms with Gasteiger partial charge in [0.1, 0.15) is 24.7 Å². The van der Waals surface area contributed by atoms with Crippen LogP contribution < -0.4 is 9.47 Å². The third-order valence-electron chi connectivity index (χ3n) is 11.5. The summed E-state index contributed by atoms with van der Waals surface area (Å²) in [7, 11) is 0. The van der Waals surface area contributed by atoms with Gasteiger partial charge in [0, 0.05) is 33.0 Å². The quantitative estimate of drug-likeness (QED) is 0.0741. The molecule has 8 heteroatoms. The van der Waals surface area contributed by atoms with Gasteiger partial charge in [-0.15, -0.1) is 12.8 Å². The molecule has 0 amide bonds. The highest BCUT2D eigenvalue weighted by molar-refractivity contribution is 6.09. The number of benzene rings is 6. The molecule has 0 radical (unpaired) electrons. The fourth-order valence-corrected chi connectivity index (χ4v) is 7.60. The molecule has 6 aromatic carbocycles. The van der Waals surface area contributed by atoms with E-state index in [0.717, 1.165) is 41.2 Å². The average Bonchev–Trinajstić information content (AvgIpc) is 3.36. The summed E-state index contributed by atoms with van der Waals surface area (Å²) in [5.74, 6) is 7.04.